The minimum absolute atomic E-state index is 0.0651. The van der Waals surface area contributed by atoms with Crippen molar-refractivity contribution >= 4 is 21.8 Å². The van der Waals surface area contributed by atoms with Crippen LogP contribution in [0.3, 0.4) is 0 Å². The zero-order valence-corrected chi connectivity index (χ0v) is 15.4. The van der Waals surface area contributed by atoms with Crippen LogP contribution in [0.5, 0.6) is 5.88 Å². The van der Waals surface area contributed by atoms with Crippen LogP contribution < -0.4 is 4.74 Å². The van der Waals surface area contributed by atoms with Gasteiger partial charge >= 0.3 is 0 Å². The number of carbonyl (C=O) groups is 2. The standard InChI is InChI=1S/C17H23N3O5S/c21-16-5-3-6-17(22)20(16)12-13-26(23,24)19-10-7-14(8-11-19)25-15-4-1-2-9-18-15/h1-2,4,9,14H,3,5-8,10-13H2. The van der Waals surface area contributed by atoms with E-state index in [1.807, 2.05) is 6.07 Å². The molecule has 0 aromatic carbocycles. The molecule has 0 aliphatic carbocycles. The molecule has 2 aliphatic rings. The summed E-state index contributed by atoms with van der Waals surface area (Å²) >= 11 is 0. The molecular weight excluding hydrogens is 358 g/mol. The molecule has 0 atom stereocenters. The Morgan fingerprint density at radius 2 is 1.81 bits per heavy atom. The molecule has 0 bridgehead atoms. The molecule has 9 heteroatoms. The van der Waals surface area contributed by atoms with Crippen LogP contribution in [-0.2, 0) is 19.6 Å². The first kappa shape index (κ1) is 18.8. The van der Waals surface area contributed by atoms with Gasteiger partial charge in [0.15, 0.2) is 0 Å². The Kier molecular flexibility index (Phi) is 5.87. The number of likely N-dealkylation sites (tertiary alicyclic amines) is 1. The Morgan fingerprint density at radius 1 is 1.12 bits per heavy atom. The lowest BCUT2D eigenvalue weighted by molar-refractivity contribution is -0.147. The first-order valence-corrected chi connectivity index (χ1v) is 10.5. The molecule has 2 saturated heterocycles. The first-order valence-electron chi connectivity index (χ1n) is 8.84. The summed E-state index contributed by atoms with van der Waals surface area (Å²) in [4.78, 5) is 28.8. The van der Waals surface area contributed by atoms with Crippen LogP contribution >= 0.6 is 0 Å². The second kappa shape index (κ2) is 8.13. The number of sulfonamides is 1. The largest absolute Gasteiger partial charge is 0.474 e. The summed E-state index contributed by atoms with van der Waals surface area (Å²) in [7, 11) is -3.51. The highest BCUT2D eigenvalue weighted by Gasteiger charge is 2.32. The van der Waals surface area contributed by atoms with E-state index < -0.39 is 10.0 Å². The van der Waals surface area contributed by atoms with Gasteiger partial charge in [-0.05, 0) is 25.3 Å². The van der Waals surface area contributed by atoms with Crippen molar-refractivity contribution in [3.05, 3.63) is 24.4 Å². The van der Waals surface area contributed by atoms with Gasteiger partial charge in [0.25, 0.3) is 0 Å². The van der Waals surface area contributed by atoms with Crippen LogP contribution in [0.4, 0.5) is 0 Å². The molecule has 2 aliphatic heterocycles. The molecule has 0 spiro atoms. The van der Waals surface area contributed by atoms with E-state index >= 15 is 0 Å². The van der Waals surface area contributed by atoms with Crippen molar-refractivity contribution in [3.63, 3.8) is 0 Å². The number of rotatable bonds is 6. The summed E-state index contributed by atoms with van der Waals surface area (Å²) in [6, 6.07) is 5.42. The number of aromatic nitrogens is 1. The number of carbonyl (C=O) groups excluding carboxylic acids is 2. The quantitative estimate of drug-likeness (QED) is 0.676. The Labute approximate surface area is 153 Å². The van der Waals surface area contributed by atoms with Crippen molar-refractivity contribution in [2.24, 2.45) is 0 Å². The fourth-order valence-corrected chi connectivity index (χ4v) is 4.64. The van der Waals surface area contributed by atoms with Gasteiger partial charge in [0, 0.05) is 44.7 Å². The minimum atomic E-state index is -3.51. The average Bonchev–Trinajstić information content (AvgIpc) is 2.63. The van der Waals surface area contributed by atoms with E-state index in [1.54, 1.807) is 18.3 Å². The maximum atomic E-state index is 12.5. The number of amides is 2. The van der Waals surface area contributed by atoms with Crippen molar-refractivity contribution in [2.45, 2.75) is 38.2 Å². The predicted octanol–water partition coefficient (Wildman–Crippen LogP) is 0.794. The number of piperidine rings is 2. The van der Waals surface area contributed by atoms with Crippen molar-refractivity contribution in [3.8, 4) is 5.88 Å². The monoisotopic (exact) mass is 381 g/mol. The van der Waals surface area contributed by atoms with Gasteiger partial charge in [-0.2, -0.15) is 0 Å². The van der Waals surface area contributed by atoms with Crippen molar-refractivity contribution in [1.82, 2.24) is 14.2 Å². The molecule has 8 nitrogen and oxygen atoms in total. The lowest BCUT2D eigenvalue weighted by Gasteiger charge is -2.32. The molecule has 3 heterocycles. The molecule has 3 rings (SSSR count). The maximum Gasteiger partial charge on any atom is 0.229 e. The molecule has 0 N–H and O–H groups in total. The van der Waals surface area contributed by atoms with Crippen molar-refractivity contribution < 1.29 is 22.7 Å². The summed E-state index contributed by atoms with van der Waals surface area (Å²) in [6.07, 6.45) is 3.91. The summed E-state index contributed by atoms with van der Waals surface area (Å²) in [5.41, 5.74) is 0. The number of hydrogen-bond donors (Lipinski definition) is 0. The zero-order valence-electron chi connectivity index (χ0n) is 14.5. The van der Waals surface area contributed by atoms with E-state index in [1.165, 1.54) is 4.31 Å². The normalized spacial score (nSPS) is 20.4. The van der Waals surface area contributed by atoms with Crippen LogP contribution in [-0.4, -0.2) is 65.9 Å². The number of imide groups is 1. The van der Waals surface area contributed by atoms with Gasteiger partial charge in [-0.15, -0.1) is 0 Å². The second-order valence-corrected chi connectivity index (χ2v) is 8.58. The topological polar surface area (TPSA) is 96.9 Å². The lowest BCUT2D eigenvalue weighted by atomic mass is 10.1. The van der Waals surface area contributed by atoms with E-state index in [9.17, 15) is 18.0 Å². The second-order valence-electron chi connectivity index (χ2n) is 6.49. The van der Waals surface area contributed by atoms with Gasteiger partial charge in [-0.25, -0.2) is 17.7 Å². The maximum absolute atomic E-state index is 12.5. The molecular formula is C17H23N3O5S. The van der Waals surface area contributed by atoms with Gasteiger partial charge in [0.1, 0.15) is 6.10 Å². The lowest BCUT2D eigenvalue weighted by Crippen LogP contribution is -2.47. The zero-order chi connectivity index (χ0) is 18.6. The molecule has 2 fully saturated rings. The van der Waals surface area contributed by atoms with Crippen molar-refractivity contribution in [2.75, 3.05) is 25.4 Å². The third-order valence-electron chi connectivity index (χ3n) is 4.68. The Morgan fingerprint density at radius 3 is 2.42 bits per heavy atom. The van der Waals surface area contributed by atoms with E-state index in [0.29, 0.717) is 51.1 Å². The molecule has 142 valence electrons. The first-order chi connectivity index (χ1) is 12.5. The molecule has 1 aromatic rings. The summed E-state index contributed by atoms with van der Waals surface area (Å²) in [5.74, 6) is -0.246. The van der Waals surface area contributed by atoms with Gasteiger partial charge < -0.3 is 4.74 Å². The van der Waals surface area contributed by atoms with Crippen LogP contribution in [0.1, 0.15) is 32.1 Å². The van der Waals surface area contributed by atoms with Crippen LogP contribution in [0.25, 0.3) is 0 Å². The number of hydrogen-bond acceptors (Lipinski definition) is 6. The highest BCUT2D eigenvalue weighted by molar-refractivity contribution is 7.89. The number of ether oxygens (including phenoxy) is 1. The summed E-state index contributed by atoms with van der Waals surface area (Å²) < 4.78 is 32.3. The number of pyridine rings is 1. The van der Waals surface area contributed by atoms with Gasteiger partial charge in [0.05, 0.1) is 5.75 Å². The van der Waals surface area contributed by atoms with Crippen LogP contribution in [0.15, 0.2) is 24.4 Å². The molecule has 0 saturated carbocycles. The van der Waals surface area contributed by atoms with E-state index in [2.05, 4.69) is 4.98 Å². The Balaban J connectivity index is 1.49. The molecule has 1 aromatic heterocycles. The van der Waals surface area contributed by atoms with Gasteiger partial charge in [-0.3, -0.25) is 14.5 Å². The number of nitrogens with zero attached hydrogens (tertiary/aromatic N) is 3. The summed E-state index contributed by atoms with van der Waals surface area (Å²) in [5, 5.41) is 0. The molecule has 0 unspecified atom stereocenters. The van der Waals surface area contributed by atoms with E-state index in [-0.39, 0.29) is 30.2 Å². The smallest absolute Gasteiger partial charge is 0.229 e. The highest BCUT2D eigenvalue weighted by Crippen LogP contribution is 2.20. The third kappa shape index (κ3) is 4.59. The Hall–Kier alpha value is -2.00. The fraction of sp³-hybridized carbons (Fsp3) is 0.588. The van der Waals surface area contributed by atoms with E-state index in [4.69, 9.17) is 4.74 Å². The molecule has 26 heavy (non-hydrogen) atoms. The van der Waals surface area contributed by atoms with Gasteiger partial charge in [-0.1, -0.05) is 6.07 Å². The fourth-order valence-electron chi connectivity index (χ4n) is 3.20. The highest BCUT2D eigenvalue weighted by atomic mass is 32.2. The Bertz CT molecular complexity index is 729. The van der Waals surface area contributed by atoms with E-state index in [0.717, 1.165) is 4.90 Å². The SMILES string of the molecule is O=C1CCCC(=O)N1CCS(=O)(=O)N1CCC(Oc2ccccn2)CC1. The summed E-state index contributed by atoms with van der Waals surface area (Å²) in [6.45, 7) is 0.661. The minimum Gasteiger partial charge on any atom is -0.474 e. The molecule has 2 amide bonds. The van der Waals surface area contributed by atoms with Gasteiger partial charge in [0.2, 0.25) is 27.7 Å². The third-order valence-corrected chi connectivity index (χ3v) is 6.53. The predicted molar refractivity (Wildman–Crippen MR) is 93.8 cm³/mol. The average molecular weight is 381 g/mol. The van der Waals surface area contributed by atoms with Crippen molar-refractivity contribution in [1.29, 1.82) is 0 Å². The molecule has 0 radical (unpaired) electrons. The van der Waals surface area contributed by atoms with Crippen LogP contribution in [0, 0.1) is 0 Å². The van der Waals surface area contributed by atoms with Crippen LogP contribution in [0.2, 0.25) is 0 Å².